The number of halogens is 4. The van der Waals surface area contributed by atoms with Crippen molar-refractivity contribution in [2.24, 2.45) is 0 Å². The zero-order chi connectivity index (χ0) is 27.6. The van der Waals surface area contributed by atoms with Crippen molar-refractivity contribution < 1.29 is 22.7 Å². The number of methoxy groups -OCH3 is 1. The van der Waals surface area contributed by atoms with E-state index in [4.69, 9.17) is 21.3 Å². The number of amides is 1. The molecule has 0 spiro atoms. The molecule has 4 aromatic rings. The maximum Gasteiger partial charge on any atom is 0.417 e. The number of fused-ring (bicyclic) bond motifs is 1. The molecule has 2 aromatic heterocycles. The molecule has 0 saturated carbocycles. The summed E-state index contributed by atoms with van der Waals surface area (Å²) >= 11 is 8.13. The zero-order valence-corrected chi connectivity index (χ0v) is 23.0. The second-order valence-corrected chi connectivity index (χ2v) is 10.8. The summed E-state index contributed by atoms with van der Waals surface area (Å²) in [6.45, 7) is 3.97. The van der Waals surface area contributed by atoms with E-state index in [2.05, 4.69) is 12.2 Å². The predicted octanol–water partition coefficient (Wildman–Crippen LogP) is 7.12. The van der Waals surface area contributed by atoms with E-state index in [0.717, 1.165) is 47.2 Å². The smallest absolute Gasteiger partial charge is 0.417 e. The minimum absolute atomic E-state index is 0.0404. The summed E-state index contributed by atoms with van der Waals surface area (Å²) in [5.41, 5.74) is 0.0986. The number of nitrogens with zero attached hydrogens (tertiary/aromatic N) is 2. The van der Waals surface area contributed by atoms with Crippen LogP contribution < -0.4 is 15.6 Å². The molecule has 0 aliphatic carbocycles. The summed E-state index contributed by atoms with van der Waals surface area (Å²) in [7, 11) is 1.54. The molecule has 200 valence electrons. The fourth-order valence-corrected chi connectivity index (χ4v) is 6.24. The number of alkyl halides is 3. The van der Waals surface area contributed by atoms with E-state index in [1.54, 1.807) is 24.3 Å². The van der Waals surface area contributed by atoms with Crippen molar-refractivity contribution in [2.45, 2.75) is 38.0 Å². The Balaban J connectivity index is 1.68. The number of hydrogen-bond donors (Lipinski definition) is 1. The highest BCUT2D eigenvalue weighted by atomic mass is 35.5. The van der Waals surface area contributed by atoms with Crippen LogP contribution in [0.2, 0.25) is 5.02 Å². The van der Waals surface area contributed by atoms with Gasteiger partial charge >= 0.3 is 6.18 Å². The maximum atomic E-state index is 13.7. The molecule has 1 N–H and O–H groups in total. The third-order valence-corrected chi connectivity index (χ3v) is 8.24. The van der Waals surface area contributed by atoms with Crippen molar-refractivity contribution in [3.05, 3.63) is 73.8 Å². The van der Waals surface area contributed by atoms with Gasteiger partial charge in [-0.3, -0.25) is 14.2 Å². The number of thioether (sulfide) groups is 1. The topological polar surface area (TPSA) is 73.2 Å². The van der Waals surface area contributed by atoms with Crippen LogP contribution in [0.5, 0.6) is 5.75 Å². The molecule has 0 unspecified atom stereocenters. The summed E-state index contributed by atoms with van der Waals surface area (Å²) in [6.07, 6.45) is -2.92. The van der Waals surface area contributed by atoms with Gasteiger partial charge in [0.05, 0.1) is 34.5 Å². The van der Waals surface area contributed by atoms with E-state index in [1.807, 2.05) is 6.92 Å². The van der Waals surface area contributed by atoms with Gasteiger partial charge in [0, 0.05) is 10.6 Å². The Hall–Kier alpha value is -3.02. The lowest BCUT2D eigenvalue weighted by Crippen LogP contribution is -2.23. The van der Waals surface area contributed by atoms with E-state index >= 15 is 0 Å². The largest absolute Gasteiger partial charge is 0.497 e. The number of carbonyl (C=O) groups excluding carboxylic acids is 1. The monoisotopic (exact) mass is 581 g/mol. The Morgan fingerprint density at radius 2 is 1.92 bits per heavy atom. The van der Waals surface area contributed by atoms with E-state index in [1.165, 1.54) is 29.1 Å². The number of ether oxygens (including phenoxy) is 1. The molecular weight excluding hydrogens is 559 g/mol. The SMILES string of the molecule is CCCc1sc2nc(SCC(=O)Nc3ccc(Cl)c(C(F)(F)F)c3)n(-c3ccc(OC)cc3)c(=O)c2c1C. The van der Waals surface area contributed by atoms with Crippen LogP contribution in [0.1, 0.15) is 29.3 Å². The number of rotatable bonds is 8. The van der Waals surface area contributed by atoms with Gasteiger partial charge in [-0.25, -0.2) is 4.98 Å². The number of carbonyl (C=O) groups is 1. The molecule has 1 amide bonds. The van der Waals surface area contributed by atoms with Gasteiger partial charge in [-0.1, -0.05) is 36.7 Å². The fraction of sp³-hybridized carbons (Fsp3) is 0.269. The molecule has 0 aliphatic rings. The van der Waals surface area contributed by atoms with Gasteiger partial charge in [0.15, 0.2) is 5.16 Å². The number of nitrogens with one attached hydrogen (secondary N) is 1. The third-order valence-electron chi connectivity index (χ3n) is 5.73. The normalized spacial score (nSPS) is 11.7. The molecule has 0 saturated heterocycles. The summed E-state index contributed by atoms with van der Waals surface area (Å²) in [5.74, 6) is -0.137. The summed E-state index contributed by atoms with van der Waals surface area (Å²) in [5, 5.41) is 2.82. The van der Waals surface area contributed by atoms with Crippen LogP contribution >= 0.6 is 34.7 Å². The van der Waals surface area contributed by atoms with E-state index in [9.17, 15) is 22.8 Å². The second kappa shape index (κ2) is 11.4. The van der Waals surface area contributed by atoms with Gasteiger partial charge < -0.3 is 10.1 Å². The van der Waals surface area contributed by atoms with Gasteiger partial charge in [-0.15, -0.1) is 11.3 Å². The molecule has 12 heteroatoms. The average molecular weight is 582 g/mol. The van der Waals surface area contributed by atoms with E-state index in [-0.39, 0.29) is 17.0 Å². The van der Waals surface area contributed by atoms with Crippen LogP contribution in [0, 0.1) is 6.92 Å². The first kappa shape index (κ1) is 28.0. The van der Waals surface area contributed by atoms with Crippen LogP contribution in [0.15, 0.2) is 52.4 Å². The highest BCUT2D eigenvalue weighted by Crippen LogP contribution is 2.36. The standard InChI is InChI=1S/C26H23ClF3N3O3S2/c1-4-5-20-14(2)22-23(38-20)32-25(33(24(22)35)16-7-9-17(36-3)10-8-16)37-13-21(34)31-15-6-11-19(27)18(12-15)26(28,29)30/h6-12H,4-5,13H2,1-3H3,(H,31,34). The van der Waals surface area contributed by atoms with Crippen molar-refractivity contribution in [1.29, 1.82) is 0 Å². The number of benzene rings is 2. The predicted molar refractivity (Wildman–Crippen MR) is 146 cm³/mol. The Morgan fingerprint density at radius 3 is 2.55 bits per heavy atom. The quantitative estimate of drug-likeness (QED) is 0.177. The third kappa shape index (κ3) is 5.84. The highest BCUT2D eigenvalue weighted by molar-refractivity contribution is 7.99. The van der Waals surface area contributed by atoms with Crippen molar-refractivity contribution in [2.75, 3.05) is 18.2 Å². The minimum atomic E-state index is -4.66. The van der Waals surface area contributed by atoms with E-state index < -0.39 is 22.7 Å². The van der Waals surface area contributed by atoms with Crippen LogP contribution in [-0.4, -0.2) is 28.3 Å². The molecule has 2 heterocycles. The molecule has 2 aromatic carbocycles. The van der Waals surface area contributed by atoms with Gasteiger partial charge in [-0.2, -0.15) is 13.2 Å². The maximum absolute atomic E-state index is 13.7. The summed E-state index contributed by atoms with van der Waals surface area (Å²) in [6, 6.07) is 10.0. The lowest BCUT2D eigenvalue weighted by molar-refractivity contribution is -0.137. The van der Waals surface area contributed by atoms with Crippen LogP contribution in [0.3, 0.4) is 0 Å². The first-order valence-electron chi connectivity index (χ1n) is 11.5. The van der Waals surface area contributed by atoms with Crippen molar-refractivity contribution in [1.82, 2.24) is 9.55 Å². The lowest BCUT2D eigenvalue weighted by atomic mass is 10.1. The molecular formula is C26H23ClF3N3O3S2. The number of thiophene rings is 1. The second-order valence-electron chi connectivity index (χ2n) is 8.34. The van der Waals surface area contributed by atoms with Gasteiger partial charge in [0.2, 0.25) is 5.91 Å². The molecule has 0 aliphatic heterocycles. The molecule has 4 rings (SSSR count). The fourth-order valence-electron chi connectivity index (χ4n) is 3.88. The number of anilines is 1. The van der Waals surface area contributed by atoms with Crippen molar-refractivity contribution in [3.63, 3.8) is 0 Å². The summed E-state index contributed by atoms with van der Waals surface area (Å²) in [4.78, 5) is 32.8. The van der Waals surface area contributed by atoms with Crippen LogP contribution in [0.4, 0.5) is 18.9 Å². The molecule has 38 heavy (non-hydrogen) atoms. The Labute approximate surface area is 229 Å². The van der Waals surface area contributed by atoms with E-state index in [0.29, 0.717) is 26.8 Å². The summed E-state index contributed by atoms with van der Waals surface area (Å²) < 4.78 is 46.2. The Kier molecular flexibility index (Phi) is 8.39. The van der Waals surface area contributed by atoms with Crippen molar-refractivity contribution >= 4 is 56.5 Å². The van der Waals surface area contributed by atoms with Gasteiger partial charge in [0.1, 0.15) is 10.6 Å². The number of aromatic nitrogens is 2. The molecule has 0 radical (unpaired) electrons. The number of hydrogen-bond acceptors (Lipinski definition) is 6. The average Bonchev–Trinajstić information content (AvgIpc) is 3.18. The van der Waals surface area contributed by atoms with Crippen LogP contribution in [0.25, 0.3) is 15.9 Å². The van der Waals surface area contributed by atoms with Gasteiger partial charge in [0.25, 0.3) is 5.56 Å². The molecule has 6 nitrogen and oxygen atoms in total. The molecule has 0 fully saturated rings. The molecule has 0 bridgehead atoms. The first-order chi connectivity index (χ1) is 18.0. The zero-order valence-electron chi connectivity index (χ0n) is 20.6. The van der Waals surface area contributed by atoms with Crippen molar-refractivity contribution in [3.8, 4) is 11.4 Å². The number of aryl methyl sites for hydroxylation is 2. The first-order valence-corrected chi connectivity index (χ1v) is 13.7. The highest BCUT2D eigenvalue weighted by Gasteiger charge is 2.33. The van der Waals surface area contributed by atoms with Gasteiger partial charge in [-0.05, 0) is 61.4 Å². The molecule has 0 atom stereocenters. The van der Waals surface area contributed by atoms with Crippen LogP contribution in [-0.2, 0) is 17.4 Å². The Bertz CT molecular complexity index is 1550. The Morgan fingerprint density at radius 1 is 1.21 bits per heavy atom. The lowest BCUT2D eigenvalue weighted by Gasteiger charge is -2.14. The minimum Gasteiger partial charge on any atom is -0.497 e.